The number of carbonyl (C=O) groups excluding carboxylic acids is 2. The minimum Gasteiger partial charge on any atom is -0.326 e. The lowest BCUT2D eigenvalue weighted by atomic mass is 10.2. The lowest BCUT2D eigenvalue weighted by Gasteiger charge is -2.05. The fourth-order valence-electron chi connectivity index (χ4n) is 2.09. The molecule has 5 heteroatoms. The number of nitrogens with one attached hydrogen (secondary N) is 2. The topological polar surface area (TPSA) is 70.6 Å². The van der Waals surface area contributed by atoms with Gasteiger partial charge >= 0.3 is 0 Å². The number of carbonyl (C=O) groups is 2. The summed E-state index contributed by atoms with van der Waals surface area (Å²) in [5, 5.41) is 6.96. The molecule has 0 bridgehead atoms. The first-order valence-corrected chi connectivity index (χ1v) is 7.39. The van der Waals surface area contributed by atoms with Crippen LogP contribution in [0.25, 0.3) is 0 Å². The molecule has 2 amide bonds. The van der Waals surface area contributed by atoms with Gasteiger partial charge in [0.05, 0.1) is 0 Å². The number of hydrogen-bond acceptors (Lipinski definition) is 3. The van der Waals surface area contributed by atoms with Crippen LogP contribution in [0.5, 0.6) is 0 Å². The van der Waals surface area contributed by atoms with Crippen LogP contribution in [0.3, 0.4) is 0 Å². The molecule has 0 unspecified atom stereocenters. The van der Waals surface area contributed by atoms with Crippen molar-refractivity contribution in [3.8, 4) is 0 Å². The zero-order chi connectivity index (χ0) is 14.8. The number of rotatable bonds is 5. The second-order valence-electron chi connectivity index (χ2n) is 5.81. The van der Waals surface area contributed by atoms with Crippen molar-refractivity contribution in [2.45, 2.75) is 32.6 Å². The number of anilines is 1. The van der Waals surface area contributed by atoms with Crippen molar-refractivity contribution in [2.75, 3.05) is 5.32 Å². The van der Waals surface area contributed by atoms with Crippen LogP contribution in [-0.4, -0.2) is 17.5 Å². The maximum atomic E-state index is 11.9. The Balaban J connectivity index is 1.56. The predicted molar refractivity (Wildman–Crippen MR) is 81.1 cm³/mol. The van der Waals surface area contributed by atoms with Crippen molar-refractivity contribution in [1.82, 2.24) is 5.43 Å². The average molecular weight is 285 g/mol. The van der Waals surface area contributed by atoms with Crippen molar-refractivity contribution in [2.24, 2.45) is 16.9 Å². The zero-order valence-corrected chi connectivity index (χ0v) is 12.1. The Hall–Kier alpha value is -2.17. The highest BCUT2D eigenvalue weighted by atomic mass is 16.2. The Morgan fingerprint density at radius 1 is 1.05 bits per heavy atom. The highest BCUT2D eigenvalue weighted by molar-refractivity contribution is 5.97. The fraction of sp³-hybridized carbons (Fsp3) is 0.438. The number of hydrogen-bond donors (Lipinski definition) is 2. The van der Waals surface area contributed by atoms with Gasteiger partial charge in [0.1, 0.15) is 0 Å². The normalized spacial score (nSPS) is 18.2. The third kappa shape index (κ3) is 3.68. The van der Waals surface area contributed by atoms with Crippen molar-refractivity contribution >= 4 is 23.2 Å². The molecule has 3 rings (SSSR count). The van der Waals surface area contributed by atoms with Gasteiger partial charge in [-0.15, -0.1) is 0 Å². The number of benzene rings is 1. The molecule has 0 saturated heterocycles. The maximum absolute atomic E-state index is 11.9. The molecule has 2 aliphatic carbocycles. The van der Waals surface area contributed by atoms with E-state index < -0.39 is 0 Å². The fourth-order valence-corrected chi connectivity index (χ4v) is 2.09. The van der Waals surface area contributed by atoms with E-state index in [1.807, 2.05) is 6.92 Å². The summed E-state index contributed by atoms with van der Waals surface area (Å²) < 4.78 is 0. The lowest BCUT2D eigenvalue weighted by molar-refractivity contribution is -0.117. The van der Waals surface area contributed by atoms with E-state index >= 15 is 0 Å². The molecule has 2 N–H and O–H groups in total. The zero-order valence-electron chi connectivity index (χ0n) is 12.1. The largest absolute Gasteiger partial charge is 0.326 e. The Labute approximate surface area is 123 Å². The van der Waals surface area contributed by atoms with Crippen LogP contribution in [0.2, 0.25) is 0 Å². The van der Waals surface area contributed by atoms with Crippen LogP contribution >= 0.6 is 0 Å². The van der Waals surface area contributed by atoms with E-state index in [0.717, 1.165) is 24.2 Å². The minimum absolute atomic E-state index is 0.0665. The summed E-state index contributed by atoms with van der Waals surface area (Å²) in [7, 11) is 0. The predicted octanol–water partition coefficient (Wildman–Crippen LogP) is 2.55. The molecule has 0 spiro atoms. The molecule has 0 atom stereocenters. The highest BCUT2D eigenvalue weighted by Crippen LogP contribution is 2.30. The first kappa shape index (κ1) is 13.8. The Bertz CT molecular complexity index is 584. The molecule has 1 aromatic carbocycles. The van der Waals surface area contributed by atoms with Crippen LogP contribution in [0.15, 0.2) is 29.4 Å². The molecule has 0 aromatic heterocycles. The summed E-state index contributed by atoms with van der Waals surface area (Å²) in [6, 6.07) is 6.87. The van der Waals surface area contributed by atoms with Crippen molar-refractivity contribution in [3.63, 3.8) is 0 Å². The molecule has 0 aliphatic heterocycles. The second-order valence-corrected chi connectivity index (χ2v) is 5.81. The van der Waals surface area contributed by atoms with Gasteiger partial charge in [0.2, 0.25) is 5.91 Å². The van der Waals surface area contributed by atoms with Gasteiger partial charge in [-0.2, -0.15) is 5.10 Å². The van der Waals surface area contributed by atoms with Crippen molar-refractivity contribution in [3.05, 3.63) is 29.8 Å². The molecule has 0 radical (unpaired) electrons. The van der Waals surface area contributed by atoms with Gasteiger partial charge in [-0.25, -0.2) is 5.43 Å². The summed E-state index contributed by atoms with van der Waals surface area (Å²) in [6.45, 7) is 1.94. The van der Waals surface area contributed by atoms with E-state index in [4.69, 9.17) is 0 Å². The third-order valence-corrected chi connectivity index (χ3v) is 3.86. The Kier molecular flexibility index (Phi) is 3.73. The van der Waals surface area contributed by atoms with Gasteiger partial charge in [-0.1, -0.05) is 0 Å². The molecule has 5 nitrogen and oxygen atoms in total. The molecular formula is C16H19N3O2. The van der Waals surface area contributed by atoms with Gasteiger partial charge < -0.3 is 5.32 Å². The summed E-state index contributed by atoms with van der Waals surface area (Å²) in [5.41, 5.74) is 4.81. The van der Waals surface area contributed by atoms with Crippen LogP contribution in [-0.2, 0) is 4.79 Å². The van der Waals surface area contributed by atoms with Crippen LogP contribution < -0.4 is 10.7 Å². The van der Waals surface area contributed by atoms with E-state index in [-0.39, 0.29) is 17.7 Å². The second kappa shape index (κ2) is 5.68. The SMILES string of the molecule is CC(=NNC(=O)c1ccc(NC(=O)C2CC2)cc1)C1CC1. The number of nitrogens with zero attached hydrogens (tertiary/aromatic N) is 1. The smallest absolute Gasteiger partial charge is 0.271 e. The van der Waals surface area contributed by atoms with E-state index in [9.17, 15) is 9.59 Å². The summed E-state index contributed by atoms with van der Waals surface area (Å²) in [5.74, 6) is 0.560. The van der Waals surface area contributed by atoms with Gasteiger partial charge in [-0.3, -0.25) is 9.59 Å². The van der Waals surface area contributed by atoms with Crippen LogP contribution in [0, 0.1) is 11.8 Å². The lowest BCUT2D eigenvalue weighted by Crippen LogP contribution is -2.19. The maximum Gasteiger partial charge on any atom is 0.271 e. The third-order valence-electron chi connectivity index (χ3n) is 3.86. The molecule has 21 heavy (non-hydrogen) atoms. The molecule has 2 saturated carbocycles. The molecule has 110 valence electrons. The van der Waals surface area contributed by atoms with Crippen LogP contribution in [0.4, 0.5) is 5.69 Å². The molecular weight excluding hydrogens is 266 g/mol. The molecule has 0 heterocycles. The first-order chi connectivity index (χ1) is 10.1. The van der Waals surface area contributed by atoms with Crippen molar-refractivity contribution < 1.29 is 9.59 Å². The highest BCUT2D eigenvalue weighted by Gasteiger charge is 2.29. The van der Waals surface area contributed by atoms with Gasteiger partial charge in [0.25, 0.3) is 5.91 Å². The van der Waals surface area contributed by atoms with Crippen molar-refractivity contribution in [1.29, 1.82) is 0 Å². The van der Waals surface area contributed by atoms with E-state index in [0.29, 0.717) is 11.5 Å². The number of hydrazone groups is 1. The minimum atomic E-state index is -0.227. The van der Waals surface area contributed by atoms with E-state index in [1.54, 1.807) is 24.3 Å². The molecule has 2 fully saturated rings. The number of amides is 2. The van der Waals surface area contributed by atoms with E-state index in [2.05, 4.69) is 15.8 Å². The molecule has 2 aliphatic rings. The summed E-state index contributed by atoms with van der Waals surface area (Å²) in [4.78, 5) is 23.6. The van der Waals surface area contributed by atoms with Gasteiger partial charge in [0.15, 0.2) is 0 Å². The van der Waals surface area contributed by atoms with E-state index in [1.165, 1.54) is 12.8 Å². The average Bonchev–Trinajstić information content (AvgIpc) is 3.37. The summed E-state index contributed by atoms with van der Waals surface area (Å²) in [6.07, 6.45) is 4.29. The van der Waals surface area contributed by atoms with Gasteiger partial charge in [0, 0.05) is 22.9 Å². The molecule has 1 aromatic rings. The standard InChI is InChI=1S/C16H19N3O2/c1-10(11-2-3-11)18-19-16(21)13-6-8-14(9-7-13)17-15(20)12-4-5-12/h6-9,11-12H,2-5H2,1H3,(H,17,20)(H,19,21). The first-order valence-electron chi connectivity index (χ1n) is 7.39. The quantitative estimate of drug-likeness (QED) is 0.644. The van der Waals surface area contributed by atoms with Crippen LogP contribution in [0.1, 0.15) is 43.0 Å². The van der Waals surface area contributed by atoms with Gasteiger partial charge in [-0.05, 0) is 62.8 Å². The Morgan fingerprint density at radius 3 is 2.24 bits per heavy atom. The monoisotopic (exact) mass is 285 g/mol. The Morgan fingerprint density at radius 2 is 1.67 bits per heavy atom. The summed E-state index contributed by atoms with van der Waals surface area (Å²) >= 11 is 0.